The van der Waals surface area contributed by atoms with Crippen LogP contribution < -0.4 is 9.05 Å². The molecule has 2 unspecified atom stereocenters. The van der Waals surface area contributed by atoms with E-state index in [0.29, 0.717) is 23.8 Å². The zero-order valence-electron chi connectivity index (χ0n) is 24.8. The Balaban J connectivity index is 0.000000272. The molecule has 8 nitrogen and oxygen atoms in total. The lowest BCUT2D eigenvalue weighted by Crippen LogP contribution is -2.39. The van der Waals surface area contributed by atoms with Gasteiger partial charge in [-0.2, -0.15) is 0 Å². The Bertz CT molecular complexity index is 948. The molecule has 1 fully saturated rings. The summed E-state index contributed by atoms with van der Waals surface area (Å²) in [4.78, 5) is 24.6. The van der Waals surface area contributed by atoms with Crippen LogP contribution in [0.3, 0.4) is 0 Å². The van der Waals surface area contributed by atoms with E-state index in [1.54, 1.807) is 24.3 Å². The molecule has 0 N–H and O–H groups in total. The first-order valence-corrected chi connectivity index (χ1v) is 21.9. The minimum absolute atomic E-state index is 0.119. The number of benzene rings is 1. The standard InChI is InChI=1S/C15H30O4Si2.C12H17O4P/c1-11-8-12(14(16)18-20(2,3)4)10-13(9-11)15(17)19-21(5,6)7;1-4-12(3,5-2)16-17(13)14-10-8-6-7-9-11(10)15-17/h11-13H,8-10H2,1-7H3;6-9H,4-5H2,1-3H3. The first kappa shape index (κ1) is 32.6. The van der Waals surface area contributed by atoms with Crippen LogP contribution in [0.2, 0.25) is 39.3 Å². The number of para-hydroxylation sites is 2. The lowest BCUT2D eigenvalue weighted by molar-refractivity contribution is -0.146. The molecule has 1 aliphatic carbocycles. The number of phosphoric ester groups is 1. The normalized spacial score (nSPS) is 22.6. The van der Waals surface area contributed by atoms with E-state index in [1.165, 1.54) is 0 Å². The highest BCUT2D eigenvalue weighted by atomic mass is 31.2. The van der Waals surface area contributed by atoms with E-state index in [-0.39, 0.29) is 23.8 Å². The van der Waals surface area contributed by atoms with Gasteiger partial charge in [-0.3, -0.25) is 14.1 Å². The summed E-state index contributed by atoms with van der Waals surface area (Å²) in [6.45, 7) is 20.0. The average molecular weight is 587 g/mol. The molecule has 0 bridgehead atoms. The monoisotopic (exact) mass is 586 g/mol. The van der Waals surface area contributed by atoms with Crippen molar-refractivity contribution in [3.8, 4) is 11.5 Å². The van der Waals surface area contributed by atoms with Crippen LogP contribution in [0, 0.1) is 17.8 Å². The van der Waals surface area contributed by atoms with Gasteiger partial charge < -0.3 is 17.9 Å². The predicted molar refractivity (Wildman–Crippen MR) is 154 cm³/mol. The zero-order valence-corrected chi connectivity index (χ0v) is 27.7. The fourth-order valence-electron chi connectivity index (χ4n) is 4.31. The van der Waals surface area contributed by atoms with Crippen LogP contribution >= 0.6 is 7.82 Å². The van der Waals surface area contributed by atoms with Crippen molar-refractivity contribution in [3.05, 3.63) is 24.3 Å². The van der Waals surface area contributed by atoms with Crippen molar-refractivity contribution in [1.82, 2.24) is 0 Å². The largest absolute Gasteiger partial charge is 0.588 e. The van der Waals surface area contributed by atoms with Crippen molar-refractivity contribution in [2.24, 2.45) is 17.8 Å². The van der Waals surface area contributed by atoms with E-state index in [2.05, 4.69) is 6.92 Å². The Kier molecular flexibility index (Phi) is 10.9. The first-order valence-electron chi connectivity index (χ1n) is 13.6. The second kappa shape index (κ2) is 12.7. The molecular formula is C27H47O8PSi2. The van der Waals surface area contributed by atoms with Crippen molar-refractivity contribution in [3.63, 3.8) is 0 Å². The van der Waals surface area contributed by atoms with Gasteiger partial charge in [0.05, 0.1) is 17.4 Å². The maximum Gasteiger partial charge on any atom is 0.588 e. The molecular weight excluding hydrogens is 539 g/mol. The van der Waals surface area contributed by atoms with Crippen LogP contribution in [0.15, 0.2) is 24.3 Å². The lowest BCUT2D eigenvalue weighted by atomic mass is 9.76. The van der Waals surface area contributed by atoms with Gasteiger partial charge in [0.2, 0.25) is 16.6 Å². The molecule has 1 aromatic rings. The number of rotatable bonds is 8. The summed E-state index contributed by atoms with van der Waals surface area (Å²) in [5.41, 5.74) is -0.489. The van der Waals surface area contributed by atoms with Gasteiger partial charge >= 0.3 is 7.82 Å². The SMILES string of the molecule is CC1CC(C(=O)O[Si](C)(C)C)CC(C(=O)O[Si](C)(C)C)C1.CCC(C)(CC)OP1(=O)Oc2ccccc2O1. The topological polar surface area (TPSA) is 97.4 Å². The van der Waals surface area contributed by atoms with Crippen LogP contribution in [0.4, 0.5) is 0 Å². The molecule has 1 aromatic carbocycles. The summed E-state index contributed by atoms with van der Waals surface area (Å²) in [7, 11) is -7.25. The zero-order chi connectivity index (χ0) is 28.9. The molecule has 0 aromatic heterocycles. The maximum atomic E-state index is 12.3. The number of carbonyl (C=O) groups is 2. The van der Waals surface area contributed by atoms with Crippen LogP contribution in [-0.4, -0.2) is 34.2 Å². The Morgan fingerprint density at radius 2 is 1.26 bits per heavy atom. The van der Waals surface area contributed by atoms with Crippen molar-refractivity contribution < 1.29 is 36.6 Å². The van der Waals surface area contributed by atoms with E-state index in [0.717, 1.165) is 25.7 Å². The molecule has 0 amide bonds. The lowest BCUT2D eigenvalue weighted by Gasteiger charge is -2.33. The molecule has 1 heterocycles. The van der Waals surface area contributed by atoms with E-state index < -0.39 is 30.1 Å². The Labute approximate surface area is 231 Å². The molecule has 1 saturated carbocycles. The molecule has 3 rings (SSSR count). The highest BCUT2D eigenvalue weighted by Crippen LogP contribution is 2.61. The van der Waals surface area contributed by atoms with Gasteiger partial charge in [0.25, 0.3) is 11.9 Å². The van der Waals surface area contributed by atoms with Crippen LogP contribution in [-0.2, 0) is 27.5 Å². The first-order chi connectivity index (χ1) is 17.4. The van der Waals surface area contributed by atoms with Gasteiger partial charge in [0.1, 0.15) is 0 Å². The second-order valence-corrected chi connectivity index (χ2v) is 22.9. The molecule has 2 atom stereocenters. The summed E-state index contributed by atoms with van der Waals surface area (Å²) in [5, 5.41) is 0. The molecule has 1 aliphatic heterocycles. The third kappa shape index (κ3) is 10.2. The van der Waals surface area contributed by atoms with Gasteiger partial charge in [-0.15, -0.1) is 0 Å². The fourth-order valence-corrected chi connectivity index (χ4v) is 7.54. The Morgan fingerprint density at radius 1 is 0.868 bits per heavy atom. The molecule has 0 spiro atoms. The summed E-state index contributed by atoms with van der Waals surface area (Å²) in [6, 6.07) is 7.04. The van der Waals surface area contributed by atoms with Gasteiger partial charge in [-0.1, -0.05) is 32.9 Å². The van der Waals surface area contributed by atoms with Crippen molar-refractivity contribution in [2.45, 2.75) is 105 Å². The Morgan fingerprint density at radius 3 is 1.61 bits per heavy atom. The summed E-state index contributed by atoms with van der Waals surface area (Å²) in [6.07, 6.45) is 3.71. The van der Waals surface area contributed by atoms with E-state index in [9.17, 15) is 14.2 Å². The van der Waals surface area contributed by atoms with Crippen molar-refractivity contribution in [2.75, 3.05) is 0 Å². The molecule has 216 valence electrons. The summed E-state index contributed by atoms with van der Waals surface area (Å²) >= 11 is 0. The third-order valence-corrected chi connectivity index (χ3v) is 9.65. The van der Waals surface area contributed by atoms with Crippen molar-refractivity contribution in [1.29, 1.82) is 0 Å². The maximum absolute atomic E-state index is 12.3. The molecule has 11 heteroatoms. The number of hydrogen-bond acceptors (Lipinski definition) is 8. The van der Waals surface area contributed by atoms with Gasteiger partial charge in [-0.25, -0.2) is 4.57 Å². The molecule has 0 radical (unpaired) electrons. The third-order valence-electron chi connectivity index (χ3n) is 6.52. The number of fused-ring (bicyclic) bond motifs is 1. The highest BCUT2D eigenvalue weighted by molar-refractivity contribution is 7.49. The van der Waals surface area contributed by atoms with Crippen LogP contribution in [0.5, 0.6) is 11.5 Å². The molecule has 0 saturated heterocycles. The number of carbonyl (C=O) groups excluding carboxylic acids is 2. The second-order valence-electron chi connectivity index (χ2n) is 12.6. The summed E-state index contributed by atoms with van der Waals surface area (Å²) < 4.78 is 39.7. The molecule has 38 heavy (non-hydrogen) atoms. The predicted octanol–water partition coefficient (Wildman–Crippen LogP) is 7.96. The van der Waals surface area contributed by atoms with Gasteiger partial charge in [0.15, 0.2) is 11.5 Å². The fraction of sp³-hybridized carbons (Fsp3) is 0.704. The van der Waals surface area contributed by atoms with Gasteiger partial charge in [0, 0.05) is 0 Å². The molecule has 2 aliphatic rings. The van der Waals surface area contributed by atoms with E-state index in [1.807, 2.05) is 60.1 Å². The highest BCUT2D eigenvalue weighted by Gasteiger charge is 2.44. The smallest absolute Gasteiger partial charge is 0.520 e. The van der Waals surface area contributed by atoms with Gasteiger partial charge in [-0.05, 0) is 96.4 Å². The number of hydrogen-bond donors (Lipinski definition) is 0. The van der Waals surface area contributed by atoms with Crippen LogP contribution in [0.1, 0.15) is 59.8 Å². The van der Waals surface area contributed by atoms with E-state index >= 15 is 0 Å². The Hall–Kier alpha value is -1.62. The van der Waals surface area contributed by atoms with E-state index in [4.69, 9.17) is 22.4 Å². The number of phosphoric acid groups is 1. The average Bonchev–Trinajstić information content (AvgIpc) is 3.12. The minimum Gasteiger partial charge on any atom is -0.520 e. The minimum atomic E-state index is -3.51. The quantitative estimate of drug-likeness (QED) is 0.224. The van der Waals surface area contributed by atoms with Crippen LogP contribution in [0.25, 0.3) is 0 Å². The van der Waals surface area contributed by atoms with Crippen molar-refractivity contribution >= 4 is 36.4 Å². The summed E-state index contributed by atoms with van der Waals surface area (Å²) in [5.74, 6) is 0.769.